The number of hydrogen-bond donors (Lipinski definition) is 2. The van der Waals surface area contributed by atoms with Crippen LogP contribution in [0.3, 0.4) is 0 Å². The molecular formula is C12H23NO3. The van der Waals surface area contributed by atoms with Crippen LogP contribution in [-0.4, -0.2) is 29.3 Å². The molecule has 0 amide bonds. The first-order valence-corrected chi connectivity index (χ1v) is 5.95. The molecule has 0 saturated carbocycles. The molecule has 3 N–H and O–H groups in total. The van der Waals surface area contributed by atoms with Crippen LogP contribution in [0.5, 0.6) is 0 Å². The van der Waals surface area contributed by atoms with Gasteiger partial charge in [-0.3, -0.25) is 4.79 Å². The predicted molar refractivity (Wildman–Crippen MR) is 62.2 cm³/mol. The molecule has 1 fully saturated rings. The summed E-state index contributed by atoms with van der Waals surface area (Å²) in [4.78, 5) is 11.0. The van der Waals surface area contributed by atoms with E-state index in [4.69, 9.17) is 15.6 Å². The lowest BCUT2D eigenvalue weighted by Crippen LogP contribution is -2.51. The van der Waals surface area contributed by atoms with E-state index in [0.717, 1.165) is 19.3 Å². The van der Waals surface area contributed by atoms with Gasteiger partial charge in [0.05, 0.1) is 12.0 Å². The second-order valence-corrected chi connectivity index (χ2v) is 5.30. The first-order chi connectivity index (χ1) is 7.33. The second kappa shape index (κ2) is 4.72. The summed E-state index contributed by atoms with van der Waals surface area (Å²) in [5, 5.41) is 9.03. The average Bonchev–Trinajstić information content (AvgIpc) is 2.16. The van der Waals surface area contributed by atoms with Crippen LogP contribution < -0.4 is 5.73 Å². The lowest BCUT2D eigenvalue weighted by Gasteiger charge is -2.47. The maximum atomic E-state index is 11.0. The summed E-state index contributed by atoms with van der Waals surface area (Å²) in [5.74, 6) is -0.766. The summed E-state index contributed by atoms with van der Waals surface area (Å²) < 4.78 is 5.75. The number of aliphatic carboxylic acids is 1. The standard InChI is InChI=1S/C12H23NO3/c1-4-11(3)8-12(9(2)13,5-6-16-11)7-10(14)15/h9H,4-8,13H2,1-3H3,(H,14,15). The number of ether oxygens (including phenoxy) is 1. The monoisotopic (exact) mass is 229 g/mol. The van der Waals surface area contributed by atoms with Gasteiger partial charge in [0.25, 0.3) is 0 Å². The van der Waals surface area contributed by atoms with Gasteiger partial charge in [-0.1, -0.05) is 6.92 Å². The van der Waals surface area contributed by atoms with Crippen molar-refractivity contribution in [2.24, 2.45) is 11.1 Å². The molecule has 1 aliphatic rings. The Bertz CT molecular complexity index is 267. The van der Waals surface area contributed by atoms with Crippen LogP contribution in [0, 0.1) is 5.41 Å². The van der Waals surface area contributed by atoms with Crippen LogP contribution in [-0.2, 0) is 9.53 Å². The Morgan fingerprint density at radius 2 is 2.25 bits per heavy atom. The molecule has 0 aromatic carbocycles. The van der Waals surface area contributed by atoms with Crippen LogP contribution in [0.2, 0.25) is 0 Å². The van der Waals surface area contributed by atoms with E-state index in [1.807, 2.05) is 13.8 Å². The lowest BCUT2D eigenvalue weighted by molar-refractivity contribution is -0.151. The number of rotatable bonds is 4. The zero-order valence-corrected chi connectivity index (χ0v) is 10.5. The maximum Gasteiger partial charge on any atom is 0.303 e. The number of nitrogens with two attached hydrogens (primary N) is 1. The van der Waals surface area contributed by atoms with E-state index >= 15 is 0 Å². The van der Waals surface area contributed by atoms with Crippen molar-refractivity contribution in [2.45, 2.75) is 58.1 Å². The van der Waals surface area contributed by atoms with Crippen LogP contribution in [0.15, 0.2) is 0 Å². The molecule has 3 atom stereocenters. The minimum Gasteiger partial charge on any atom is -0.481 e. The molecule has 0 spiro atoms. The quantitative estimate of drug-likeness (QED) is 0.770. The Labute approximate surface area is 97.2 Å². The van der Waals surface area contributed by atoms with Crippen molar-refractivity contribution in [1.29, 1.82) is 0 Å². The van der Waals surface area contributed by atoms with Gasteiger partial charge in [0.15, 0.2) is 0 Å². The van der Waals surface area contributed by atoms with Crippen molar-refractivity contribution < 1.29 is 14.6 Å². The fourth-order valence-electron chi connectivity index (χ4n) is 2.61. The highest BCUT2D eigenvalue weighted by Crippen LogP contribution is 2.44. The summed E-state index contributed by atoms with van der Waals surface area (Å²) >= 11 is 0. The predicted octanol–water partition coefficient (Wildman–Crippen LogP) is 1.77. The Balaban J connectivity index is 2.88. The molecule has 1 aliphatic heterocycles. The van der Waals surface area contributed by atoms with E-state index < -0.39 is 5.97 Å². The fraction of sp³-hybridized carbons (Fsp3) is 0.917. The number of carboxylic acid groups (broad SMARTS) is 1. The Morgan fingerprint density at radius 3 is 2.69 bits per heavy atom. The first kappa shape index (κ1) is 13.5. The van der Waals surface area contributed by atoms with Crippen molar-refractivity contribution in [3.63, 3.8) is 0 Å². The maximum absolute atomic E-state index is 11.0. The molecule has 1 heterocycles. The van der Waals surface area contributed by atoms with Gasteiger partial charge >= 0.3 is 5.97 Å². The highest BCUT2D eigenvalue weighted by Gasteiger charge is 2.45. The molecular weight excluding hydrogens is 206 g/mol. The SMILES string of the molecule is CCC1(C)CC(CC(=O)O)(C(C)N)CCO1. The Hall–Kier alpha value is -0.610. The van der Waals surface area contributed by atoms with E-state index in [1.165, 1.54) is 0 Å². The highest BCUT2D eigenvalue weighted by molar-refractivity contribution is 5.68. The van der Waals surface area contributed by atoms with Gasteiger partial charge in [-0.15, -0.1) is 0 Å². The zero-order chi connectivity index (χ0) is 12.4. The minimum absolute atomic E-state index is 0.113. The van der Waals surface area contributed by atoms with Gasteiger partial charge in [0, 0.05) is 18.1 Å². The summed E-state index contributed by atoms with van der Waals surface area (Å²) in [6.07, 6.45) is 2.51. The van der Waals surface area contributed by atoms with E-state index in [1.54, 1.807) is 0 Å². The minimum atomic E-state index is -0.766. The van der Waals surface area contributed by atoms with Crippen LogP contribution >= 0.6 is 0 Å². The van der Waals surface area contributed by atoms with Gasteiger partial charge in [-0.25, -0.2) is 0 Å². The fourth-order valence-corrected chi connectivity index (χ4v) is 2.61. The molecule has 94 valence electrons. The van der Waals surface area contributed by atoms with Crippen molar-refractivity contribution in [2.75, 3.05) is 6.61 Å². The third-order valence-electron chi connectivity index (χ3n) is 3.99. The smallest absolute Gasteiger partial charge is 0.303 e. The average molecular weight is 229 g/mol. The number of carbonyl (C=O) groups is 1. The number of carboxylic acids is 1. The van der Waals surface area contributed by atoms with Gasteiger partial charge in [-0.05, 0) is 33.1 Å². The molecule has 0 aromatic rings. The van der Waals surface area contributed by atoms with Gasteiger partial charge < -0.3 is 15.6 Å². The highest BCUT2D eigenvalue weighted by atomic mass is 16.5. The molecule has 3 unspecified atom stereocenters. The van der Waals surface area contributed by atoms with E-state index in [0.29, 0.717) is 6.61 Å². The third kappa shape index (κ3) is 2.74. The number of hydrogen-bond acceptors (Lipinski definition) is 3. The van der Waals surface area contributed by atoms with Gasteiger partial charge in [0.1, 0.15) is 0 Å². The molecule has 0 aromatic heterocycles. The zero-order valence-electron chi connectivity index (χ0n) is 10.5. The summed E-state index contributed by atoms with van der Waals surface area (Å²) in [7, 11) is 0. The lowest BCUT2D eigenvalue weighted by atomic mass is 9.66. The summed E-state index contributed by atoms with van der Waals surface area (Å²) in [6, 6.07) is -0.113. The first-order valence-electron chi connectivity index (χ1n) is 5.95. The summed E-state index contributed by atoms with van der Waals surface area (Å²) in [5.41, 5.74) is 5.48. The second-order valence-electron chi connectivity index (χ2n) is 5.30. The normalized spacial score (nSPS) is 37.0. The van der Waals surface area contributed by atoms with Crippen LogP contribution in [0.4, 0.5) is 0 Å². The molecule has 0 bridgehead atoms. The van der Waals surface area contributed by atoms with Crippen LogP contribution in [0.1, 0.15) is 46.5 Å². The van der Waals surface area contributed by atoms with Crippen molar-refractivity contribution in [1.82, 2.24) is 0 Å². The van der Waals surface area contributed by atoms with Gasteiger partial charge in [0.2, 0.25) is 0 Å². The molecule has 4 heteroatoms. The third-order valence-corrected chi connectivity index (χ3v) is 3.99. The van der Waals surface area contributed by atoms with Crippen molar-refractivity contribution in [3.8, 4) is 0 Å². The Kier molecular flexibility index (Phi) is 3.97. The molecule has 16 heavy (non-hydrogen) atoms. The summed E-state index contributed by atoms with van der Waals surface area (Å²) in [6.45, 7) is 6.63. The molecule has 4 nitrogen and oxygen atoms in total. The Morgan fingerprint density at radius 1 is 1.62 bits per heavy atom. The van der Waals surface area contributed by atoms with Gasteiger partial charge in [-0.2, -0.15) is 0 Å². The molecule has 0 radical (unpaired) electrons. The van der Waals surface area contributed by atoms with Crippen molar-refractivity contribution in [3.05, 3.63) is 0 Å². The van der Waals surface area contributed by atoms with E-state index in [2.05, 4.69) is 6.92 Å². The van der Waals surface area contributed by atoms with E-state index in [-0.39, 0.29) is 23.5 Å². The van der Waals surface area contributed by atoms with Crippen molar-refractivity contribution >= 4 is 5.97 Å². The topological polar surface area (TPSA) is 72.5 Å². The molecule has 1 saturated heterocycles. The molecule has 1 rings (SSSR count). The van der Waals surface area contributed by atoms with E-state index in [9.17, 15) is 4.79 Å². The largest absolute Gasteiger partial charge is 0.481 e. The molecule has 0 aliphatic carbocycles. The van der Waals surface area contributed by atoms with Crippen LogP contribution in [0.25, 0.3) is 0 Å².